The largest absolute Gasteiger partial charge is 0.481 e. The molecule has 0 aromatic rings. The van der Waals surface area contributed by atoms with E-state index >= 15 is 0 Å². The lowest BCUT2D eigenvalue weighted by atomic mass is 9.81. The van der Waals surface area contributed by atoms with Crippen molar-refractivity contribution < 1.29 is 79.3 Å². The van der Waals surface area contributed by atoms with E-state index in [-0.39, 0.29) is 19.1 Å². The Kier molecular flexibility index (Phi) is 15.6. The van der Waals surface area contributed by atoms with Crippen LogP contribution in [0, 0.1) is 10.8 Å². The predicted octanol–water partition coefficient (Wildman–Crippen LogP) is -8.48. The number of carboxylic acids is 2. The van der Waals surface area contributed by atoms with Gasteiger partial charge in [0.25, 0.3) is 0 Å². The molecular formula is C26H48N8O16. The van der Waals surface area contributed by atoms with Crippen LogP contribution >= 0.6 is 0 Å². The summed E-state index contributed by atoms with van der Waals surface area (Å²) in [5, 5.41) is 113. The Labute approximate surface area is 284 Å². The second kappa shape index (κ2) is 18.2. The first-order valence-corrected chi connectivity index (χ1v) is 15.2. The highest BCUT2D eigenvalue weighted by Gasteiger charge is 2.60. The van der Waals surface area contributed by atoms with Gasteiger partial charge < -0.3 is 98.1 Å². The van der Waals surface area contributed by atoms with Crippen LogP contribution in [0.25, 0.3) is 0 Å². The van der Waals surface area contributed by atoms with Crippen LogP contribution in [-0.4, -0.2) is 187 Å². The van der Waals surface area contributed by atoms with Gasteiger partial charge in [-0.1, -0.05) is 0 Å². The SMILES string of the molecule is CN[C@@H]1[C@H](O[C@H]2[C@H](O[C@H]3[C@H](O)[C@@H](O)[C@H](NC(=N)N)[C@@H](O)[C@@H]3NC(=N)N)O[C@@H](C)[C@]2(O)C=O)O[C@@H](CO)[C@H](O)[C@H]1O.NC(CCC(=O)O)C(=O)O. The number of likely N-dealkylation sites (N-methyl/N-ethyl adjacent to an activating group) is 1. The van der Waals surface area contributed by atoms with Crippen molar-refractivity contribution in [3.8, 4) is 0 Å². The molecular weight excluding hydrogens is 680 g/mol. The molecule has 0 spiro atoms. The number of rotatable bonds is 13. The third-order valence-corrected chi connectivity index (χ3v) is 8.44. The van der Waals surface area contributed by atoms with Crippen LogP contribution in [0.5, 0.6) is 0 Å². The normalized spacial score (nSPS) is 40.4. The number of guanidine groups is 2. The maximum absolute atomic E-state index is 12.1. The molecule has 2 saturated heterocycles. The Bertz CT molecular complexity index is 1190. The number of carboxylic acid groups (broad SMARTS) is 2. The van der Waals surface area contributed by atoms with E-state index in [2.05, 4.69) is 16.0 Å². The molecule has 2 aliphatic heterocycles. The molecule has 2 heterocycles. The molecule has 0 amide bonds. The molecule has 16 atom stereocenters. The fraction of sp³-hybridized carbons (Fsp3) is 0.808. The molecule has 3 rings (SSSR count). The topological polar surface area (TPSA) is 432 Å². The smallest absolute Gasteiger partial charge is 0.320 e. The minimum atomic E-state index is -2.39. The van der Waals surface area contributed by atoms with Crippen molar-refractivity contribution in [1.82, 2.24) is 16.0 Å². The van der Waals surface area contributed by atoms with Crippen LogP contribution in [0.1, 0.15) is 19.8 Å². The van der Waals surface area contributed by atoms with E-state index in [1.165, 1.54) is 14.0 Å². The number of carbonyl (C=O) groups excluding carboxylic acids is 1. The minimum Gasteiger partial charge on any atom is -0.481 e. The van der Waals surface area contributed by atoms with Gasteiger partial charge >= 0.3 is 11.9 Å². The van der Waals surface area contributed by atoms with Gasteiger partial charge in [0.2, 0.25) is 0 Å². The summed E-state index contributed by atoms with van der Waals surface area (Å²) < 4.78 is 22.9. The molecule has 50 heavy (non-hydrogen) atoms. The van der Waals surface area contributed by atoms with Crippen molar-refractivity contribution in [2.75, 3.05) is 13.7 Å². The average molecular weight is 729 g/mol. The molecule has 3 aliphatic rings. The molecule has 24 nitrogen and oxygen atoms in total. The number of aldehydes is 1. The number of aliphatic hydroxyl groups excluding tert-OH is 6. The number of ether oxygens (including phenoxy) is 4. The summed E-state index contributed by atoms with van der Waals surface area (Å²) in [7, 11) is 1.41. The highest BCUT2D eigenvalue weighted by molar-refractivity contribution is 5.76. The van der Waals surface area contributed by atoms with Crippen LogP contribution in [0.3, 0.4) is 0 Å². The van der Waals surface area contributed by atoms with Gasteiger partial charge in [0, 0.05) is 6.42 Å². The van der Waals surface area contributed by atoms with Crippen LogP contribution in [0.2, 0.25) is 0 Å². The molecule has 288 valence electrons. The standard InChI is InChI=1S/C21H39N7O12.C5H9NO4/c1-5-21(36,4-30)16(40-17-9(26-2)13(34)10(31)6(3-29)38-17)18(37-5)39-15-8(28-20(24)25)11(32)7(27-19(22)23)12(33)14(15)35;6-3(5(9)10)1-2-4(7)8/h4-18,26,29,31-36H,3H2,1-2H3,(H4,22,23,27)(H4,24,25,28);3H,1-2,6H2,(H,7,8)(H,9,10)/t5-,6-,7+,8-,9-,10-,11+,12-,13-,14+,15+,16-,17-,18-,21+;/m0./s1. The molecule has 0 aromatic heterocycles. The summed E-state index contributed by atoms with van der Waals surface area (Å²) in [6.45, 7) is 0.613. The highest BCUT2D eigenvalue weighted by Crippen LogP contribution is 2.37. The van der Waals surface area contributed by atoms with Gasteiger partial charge in [0.05, 0.1) is 36.9 Å². The van der Waals surface area contributed by atoms with Gasteiger partial charge in [-0.15, -0.1) is 0 Å². The van der Waals surface area contributed by atoms with E-state index < -0.39 is 128 Å². The number of hydrogen-bond acceptors (Lipinski definition) is 18. The fourth-order valence-electron chi connectivity index (χ4n) is 5.58. The lowest BCUT2D eigenvalue weighted by molar-refractivity contribution is -0.314. The average Bonchev–Trinajstić information content (AvgIpc) is 3.28. The Morgan fingerprint density at radius 1 is 0.900 bits per heavy atom. The van der Waals surface area contributed by atoms with Gasteiger partial charge in [-0.3, -0.25) is 25.2 Å². The lowest BCUT2D eigenvalue weighted by Gasteiger charge is -2.47. The molecule has 24 heteroatoms. The van der Waals surface area contributed by atoms with Crippen LogP contribution < -0.4 is 33.2 Å². The summed E-state index contributed by atoms with van der Waals surface area (Å²) >= 11 is 0. The summed E-state index contributed by atoms with van der Waals surface area (Å²) in [6.07, 6.45) is -17.5. The third kappa shape index (κ3) is 9.90. The Balaban J connectivity index is 0.000000752. The Hall–Kier alpha value is -3.37. The number of aliphatic carboxylic acids is 2. The summed E-state index contributed by atoms with van der Waals surface area (Å²) in [5.41, 5.74) is 13.4. The zero-order valence-corrected chi connectivity index (χ0v) is 27.0. The van der Waals surface area contributed by atoms with E-state index in [9.17, 15) is 50.1 Å². The fourth-order valence-corrected chi connectivity index (χ4v) is 5.58. The molecule has 1 unspecified atom stereocenters. The van der Waals surface area contributed by atoms with Crippen molar-refractivity contribution in [2.45, 2.75) is 117 Å². The molecule has 0 aromatic carbocycles. The molecule has 3 fully saturated rings. The minimum absolute atomic E-state index is 0.0231. The second-order valence-electron chi connectivity index (χ2n) is 11.8. The quantitative estimate of drug-likeness (QED) is 0.0475. The zero-order valence-electron chi connectivity index (χ0n) is 27.0. The van der Waals surface area contributed by atoms with Crippen LogP contribution in [0.15, 0.2) is 0 Å². The summed E-state index contributed by atoms with van der Waals surface area (Å²) in [5.74, 6) is -3.48. The first-order chi connectivity index (χ1) is 23.2. The van der Waals surface area contributed by atoms with E-state index in [0.717, 1.165) is 0 Å². The zero-order chi connectivity index (χ0) is 38.2. The monoisotopic (exact) mass is 728 g/mol. The van der Waals surface area contributed by atoms with E-state index in [4.69, 9.17) is 57.2 Å². The van der Waals surface area contributed by atoms with Gasteiger partial charge in [-0.05, 0) is 20.4 Å². The molecule has 1 aliphatic carbocycles. The van der Waals surface area contributed by atoms with Crippen molar-refractivity contribution >= 4 is 30.1 Å². The van der Waals surface area contributed by atoms with Crippen molar-refractivity contribution in [1.29, 1.82) is 10.8 Å². The van der Waals surface area contributed by atoms with Gasteiger partial charge in [0.1, 0.15) is 48.8 Å². The summed E-state index contributed by atoms with van der Waals surface area (Å²) in [4.78, 5) is 31.9. The van der Waals surface area contributed by atoms with Gasteiger partial charge in [-0.25, -0.2) is 0 Å². The van der Waals surface area contributed by atoms with Crippen molar-refractivity contribution in [2.24, 2.45) is 17.2 Å². The number of hydrogen-bond donors (Lipinski definition) is 17. The molecule has 20 N–H and O–H groups in total. The second-order valence-corrected chi connectivity index (χ2v) is 11.8. The summed E-state index contributed by atoms with van der Waals surface area (Å²) in [6, 6.07) is -5.01. The Morgan fingerprint density at radius 2 is 1.46 bits per heavy atom. The van der Waals surface area contributed by atoms with Crippen molar-refractivity contribution in [3.63, 3.8) is 0 Å². The van der Waals surface area contributed by atoms with Crippen LogP contribution in [-0.2, 0) is 33.3 Å². The first-order valence-electron chi connectivity index (χ1n) is 15.2. The Morgan fingerprint density at radius 3 is 1.94 bits per heavy atom. The van der Waals surface area contributed by atoms with E-state index in [1.807, 2.05) is 0 Å². The maximum Gasteiger partial charge on any atom is 0.320 e. The lowest BCUT2D eigenvalue weighted by Crippen LogP contribution is -2.73. The maximum atomic E-state index is 12.1. The molecule has 0 radical (unpaired) electrons. The highest BCUT2D eigenvalue weighted by atomic mass is 16.8. The first kappa shape index (κ1) is 42.8. The molecule has 1 saturated carbocycles. The number of carbonyl (C=O) groups is 3. The van der Waals surface area contributed by atoms with Gasteiger partial charge in [-0.2, -0.15) is 0 Å². The van der Waals surface area contributed by atoms with E-state index in [0.29, 0.717) is 0 Å². The van der Waals surface area contributed by atoms with E-state index in [1.54, 1.807) is 0 Å². The van der Waals surface area contributed by atoms with Gasteiger partial charge in [0.15, 0.2) is 36.4 Å². The van der Waals surface area contributed by atoms with Crippen LogP contribution in [0.4, 0.5) is 0 Å². The van der Waals surface area contributed by atoms with Crippen molar-refractivity contribution in [3.05, 3.63) is 0 Å². The number of nitrogens with two attached hydrogens (primary N) is 3. The third-order valence-electron chi connectivity index (χ3n) is 8.44. The predicted molar refractivity (Wildman–Crippen MR) is 164 cm³/mol. The number of aliphatic hydroxyl groups is 7. The molecule has 0 bridgehead atoms. The number of nitrogens with one attached hydrogen (secondary N) is 5.